The van der Waals surface area contributed by atoms with E-state index in [4.69, 9.17) is 5.11 Å². The molecular weight excluding hydrogens is 208 g/mol. The lowest BCUT2D eigenvalue weighted by Gasteiger charge is -2.12. The van der Waals surface area contributed by atoms with Crippen molar-refractivity contribution in [3.05, 3.63) is 24.0 Å². The Labute approximate surface area is 93.1 Å². The summed E-state index contributed by atoms with van der Waals surface area (Å²) < 4.78 is 0. The number of hydrogen-bond donors (Lipinski definition) is 3. The first-order valence-corrected chi connectivity index (χ1v) is 5.19. The Bertz CT molecular complexity index is 402. The second kappa shape index (κ2) is 4.09. The zero-order chi connectivity index (χ0) is 11.6. The molecule has 1 aromatic heterocycles. The maximum absolute atomic E-state index is 11.7. The minimum Gasteiger partial charge on any atom is -0.505 e. The number of aromatic hydroxyl groups is 1. The highest BCUT2D eigenvalue weighted by atomic mass is 16.3. The zero-order valence-electron chi connectivity index (χ0n) is 8.81. The molecule has 1 aliphatic rings. The van der Waals surface area contributed by atoms with Crippen LogP contribution >= 0.6 is 0 Å². The number of hydrogen-bond acceptors (Lipinski definition) is 4. The van der Waals surface area contributed by atoms with Crippen LogP contribution in [0, 0.1) is 5.41 Å². The SMILES string of the molecule is O=C(NCC1(CO)CC1)c1ccncc1O. The lowest BCUT2D eigenvalue weighted by atomic mass is 10.1. The van der Waals surface area contributed by atoms with Gasteiger partial charge in [-0.1, -0.05) is 0 Å². The standard InChI is InChI=1S/C11H14N2O3/c14-7-11(2-3-11)6-13-10(16)8-1-4-12-5-9(8)15/h1,4-5,14-15H,2-3,6-7H2,(H,13,16). The summed E-state index contributed by atoms with van der Waals surface area (Å²) in [5.74, 6) is -0.464. The second-order valence-corrected chi connectivity index (χ2v) is 4.23. The molecule has 0 saturated heterocycles. The molecule has 16 heavy (non-hydrogen) atoms. The zero-order valence-corrected chi connectivity index (χ0v) is 8.81. The molecule has 0 aliphatic heterocycles. The van der Waals surface area contributed by atoms with E-state index in [9.17, 15) is 9.90 Å². The Hall–Kier alpha value is -1.62. The molecule has 1 heterocycles. The molecule has 1 aliphatic carbocycles. The largest absolute Gasteiger partial charge is 0.505 e. The maximum atomic E-state index is 11.7. The van der Waals surface area contributed by atoms with Gasteiger partial charge in [0.25, 0.3) is 5.91 Å². The average Bonchev–Trinajstić information content (AvgIpc) is 3.07. The topological polar surface area (TPSA) is 82.5 Å². The van der Waals surface area contributed by atoms with Crippen molar-refractivity contribution < 1.29 is 15.0 Å². The van der Waals surface area contributed by atoms with E-state index in [-0.39, 0.29) is 29.2 Å². The van der Waals surface area contributed by atoms with Crippen LogP contribution in [-0.2, 0) is 0 Å². The van der Waals surface area contributed by atoms with E-state index >= 15 is 0 Å². The number of carbonyl (C=O) groups is 1. The average molecular weight is 222 g/mol. The first-order chi connectivity index (χ1) is 7.67. The summed E-state index contributed by atoms with van der Waals surface area (Å²) in [7, 11) is 0. The van der Waals surface area contributed by atoms with Crippen molar-refractivity contribution in [1.82, 2.24) is 10.3 Å². The van der Waals surface area contributed by atoms with E-state index in [1.807, 2.05) is 0 Å². The fourth-order valence-electron chi connectivity index (χ4n) is 1.51. The normalized spacial score (nSPS) is 16.8. The van der Waals surface area contributed by atoms with Crippen LogP contribution in [0.4, 0.5) is 0 Å². The molecule has 0 spiro atoms. The van der Waals surface area contributed by atoms with Crippen LogP contribution in [0.15, 0.2) is 18.5 Å². The van der Waals surface area contributed by atoms with E-state index in [2.05, 4.69) is 10.3 Å². The van der Waals surface area contributed by atoms with Crippen LogP contribution in [0.25, 0.3) is 0 Å². The van der Waals surface area contributed by atoms with Gasteiger partial charge in [-0.05, 0) is 18.9 Å². The fraction of sp³-hybridized carbons (Fsp3) is 0.455. The maximum Gasteiger partial charge on any atom is 0.255 e. The molecule has 3 N–H and O–H groups in total. The molecule has 1 aromatic rings. The summed E-state index contributed by atoms with van der Waals surface area (Å²) in [5.41, 5.74) is 0.0851. The van der Waals surface area contributed by atoms with Gasteiger partial charge in [0.2, 0.25) is 0 Å². The Balaban J connectivity index is 1.96. The lowest BCUT2D eigenvalue weighted by molar-refractivity contribution is 0.0932. The lowest BCUT2D eigenvalue weighted by Crippen LogP contribution is -2.31. The highest BCUT2D eigenvalue weighted by Crippen LogP contribution is 2.44. The number of aliphatic hydroxyl groups excluding tert-OH is 1. The first kappa shape index (κ1) is 10.9. The van der Waals surface area contributed by atoms with E-state index < -0.39 is 0 Å². The number of rotatable bonds is 4. The Morgan fingerprint density at radius 3 is 2.88 bits per heavy atom. The molecular formula is C11H14N2O3. The molecule has 0 atom stereocenters. The van der Waals surface area contributed by atoms with Gasteiger partial charge >= 0.3 is 0 Å². The third-order valence-electron chi connectivity index (χ3n) is 2.96. The predicted molar refractivity (Wildman–Crippen MR) is 57.0 cm³/mol. The van der Waals surface area contributed by atoms with E-state index in [1.54, 1.807) is 0 Å². The van der Waals surface area contributed by atoms with Crippen LogP contribution in [0.2, 0.25) is 0 Å². The van der Waals surface area contributed by atoms with Gasteiger partial charge in [-0.15, -0.1) is 0 Å². The summed E-state index contributed by atoms with van der Waals surface area (Å²) in [6.07, 6.45) is 4.56. The number of carbonyl (C=O) groups excluding carboxylic acids is 1. The number of aromatic nitrogens is 1. The number of aliphatic hydroxyl groups is 1. The smallest absolute Gasteiger partial charge is 0.255 e. The molecule has 0 bridgehead atoms. The van der Waals surface area contributed by atoms with E-state index in [1.165, 1.54) is 18.5 Å². The molecule has 1 amide bonds. The quantitative estimate of drug-likeness (QED) is 0.683. The molecule has 0 radical (unpaired) electrons. The van der Waals surface area contributed by atoms with Gasteiger partial charge in [0.05, 0.1) is 18.4 Å². The van der Waals surface area contributed by atoms with Crippen molar-refractivity contribution in [2.24, 2.45) is 5.41 Å². The summed E-state index contributed by atoms with van der Waals surface area (Å²) in [4.78, 5) is 15.4. The van der Waals surface area contributed by atoms with Gasteiger partial charge in [-0.25, -0.2) is 0 Å². The Morgan fingerprint density at radius 2 is 2.31 bits per heavy atom. The van der Waals surface area contributed by atoms with Crippen molar-refractivity contribution in [3.63, 3.8) is 0 Å². The molecule has 2 rings (SSSR count). The van der Waals surface area contributed by atoms with Crippen molar-refractivity contribution >= 4 is 5.91 Å². The van der Waals surface area contributed by atoms with Gasteiger partial charge in [0.1, 0.15) is 5.75 Å². The van der Waals surface area contributed by atoms with Crippen molar-refractivity contribution in [1.29, 1.82) is 0 Å². The second-order valence-electron chi connectivity index (χ2n) is 4.23. The van der Waals surface area contributed by atoms with Crippen molar-refractivity contribution in [2.75, 3.05) is 13.2 Å². The minimum atomic E-state index is -0.334. The van der Waals surface area contributed by atoms with Gasteiger partial charge < -0.3 is 15.5 Å². The summed E-state index contributed by atoms with van der Waals surface area (Å²) in [6.45, 7) is 0.541. The fourth-order valence-corrected chi connectivity index (χ4v) is 1.51. The molecule has 1 saturated carbocycles. The molecule has 86 valence electrons. The highest BCUT2D eigenvalue weighted by molar-refractivity contribution is 5.96. The first-order valence-electron chi connectivity index (χ1n) is 5.19. The highest BCUT2D eigenvalue weighted by Gasteiger charge is 2.42. The van der Waals surface area contributed by atoms with E-state index in [0.717, 1.165) is 12.8 Å². The molecule has 0 aromatic carbocycles. The van der Waals surface area contributed by atoms with Gasteiger partial charge in [-0.3, -0.25) is 9.78 Å². The Kier molecular flexibility index (Phi) is 2.78. The van der Waals surface area contributed by atoms with Crippen molar-refractivity contribution in [2.45, 2.75) is 12.8 Å². The summed E-state index contributed by atoms with van der Waals surface area (Å²) >= 11 is 0. The molecule has 1 fully saturated rings. The third kappa shape index (κ3) is 2.14. The van der Waals surface area contributed by atoms with Crippen LogP contribution < -0.4 is 5.32 Å². The number of amides is 1. The number of nitrogens with zero attached hydrogens (tertiary/aromatic N) is 1. The Morgan fingerprint density at radius 1 is 1.56 bits per heavy atom. The van der Waals surface area contributed by atoms with Crippen LogP contribution in [-0.4, -0.2) is 34.3 Å². The van der Waals surface area contributed by atoms with Crippen molar-refractivity contribution in [3.8, 4) is 5.75 Å². The molecule has 0 unspecified atom stereocenters. The van der Waals surface area contributed by atoms with Gasteiger partial charge in [-0.2, -0.15) is 0 Å². The predicted octanol–water partition coefficient (Wildman–Crippen LogP) is 0.289. The van der Waals surface area contributed by atoms with Crippen LogP contribution in [0.5, 0.6) is 5.75 Å². The number of nitrogens with one attached hydrogen (secondary N) is 1. The van der Waals surface area contributed by atoms with Crippen LogP contribution in [0.3, 0.4) is 0 Å². The van der Waals surface area contributed by atoms with Crippen LogP contribution in [0.1, 0.15) is 23.2 Å². The molecule has 5 heteroatoms. The monoisotopic (exact) mass is 222 g/mol. The summed E-state index contributed by atoms with van der Waals surface area (Å²) in [5, 5.41) is 21.2. The summed E-state index contributed by atoms with van der Waals surface area (Å²) in [6, 6.07) is 1.46. The third-order valence-corrected chi connectivity index (χ3v) is 2.96. The minimum absolute atomic E-state index is 0.0929. The van der Waals surface area contributed by atoms with Gasteiger partial charge in [0.15, 0.2) is 0 Å². The molecule has 5 nitrogen and oxygen atoms in total. The van der Waals surface area contributed by atoms with E-state index in [0.29, 0.717) is 6.54 Å². The van der Waals surface area contributed by atoms with Gasteiger partial charge in [0, 0.05) is 18.2 Å². The number of pyridine rings is 1.